The van der Waals surface area contributed by atoms with Crippen LogP contribution in [-0.2, 0) is 9.47 Å². The summed E-state index contributed by atoms with van der Waals surface area (Å²) in [4.78, 5) is 0. The van der Waals surface area contributed by atoms with E-state index in [1.54, 1.807) is 0 Å². The van der Waals surface area contributed by atoms with Gasteiger partial charge in [0.05, 0.1) is 0 Å². The molecule has 72 valence electrons. The summed E-state index contributed by atoms with van der Waals surface area (Å²) in [6.07, 6.45) is 7.86. The summed E-state index contributed by atoms with van der Waals surface area (Å²) in [7, 11) is 0. The van der Waals surface area contributed by atoms with E-state index in [9.17, 15) is 0 Å². The smallest absolute Gasteiger partial charge is 0.0466 e. The van der Waals surface area contributed by atoms with E-state index in [0.29, 0.717) is 0 Å². The van der Waals surface area contributed by atoms with Gasteiger partial charge in [-0.1, -0.05) is 0 Å². The maximum atomic E-state index is 5.07. The molecule has 2 heterocycles. The van der Waals surface area contributed by atoms with Gasteiger partial charge in [0.15, 0.2) is 0 Å². The third kappa shape index (κ3) is 5.56. The molecule has 0 aliphatic carbocycles. The van der Waals surface area contributed by atoms with Crippen LogP contribution in [0.4, 0.5) is 0 Å². The molecule has 0 unspecified atom stereocenters. The van der Waals surface area contributed by atoms with Crippen LogP contribution in [-0.4, -0.2) is 26.4 Å². The molecule has 0 amide bonds. The van der Waals surface area contributed by atoms with Crippen LogP contribution in [0.2, 0.25) is 0 Å². The molecule has 0 aromatic rings. The largest absolute Gasteiger partial charge is 0.381 e. The highest BCUT2D eigenvalue weighted by atomic mass is 16.5. The third-order valence-electron chi connectivity index (χ3n) is 2.15. The van der Waals surface area contributed by atoms with E-state index >= 15 is 0 Å². The van der Waals surface area contributed by atoms with Gasteiger partial charge < -0.3 is 9.47 Å². The lowest BCUT2D eigenvalue weighted by atomic mass is 10.2. The second kappa shape index (κ2) is 7.56. The maximum Gasteiger partial charge on any atom is 0.0466 e. The summed E-state index contributed by atoms with van der Waals surface area (Å²) in [6.45, 7) is 4.00. The first-order chi connectivity index (χ1) is 6.00. The van der Waals surface area contributed by atoms with Crippen molar-refractivity contribution in [1.82, 2.24) is 0 Å². The second-order valence-electron chi connectivity index (χ2n) is 3.35. The molecule has 2 nitrogen and oxygen atoms in total. The summed E-state index contributed by atoms with van der Waals surface area (Å²) in [6, 6.07) is 0. The van der Waals surface area contributed by atoms with Crippen molar-refractivity contribution in [2.24, 2.45) is 0 Å². The minimum Gasteiger partial charge on any atom is -0.381 e. The molecule has 0 aromatic carbocycles. The highest BCUT2D eigenvalue weighted by molar-refractivity contribution is 4.45. The van der Waals surface area contributed by atoms with Gasteiger partial charge in [0.2, 0.25) is 0 Å². The van der Waals surface area contributed by atoms with Gasteiger partial charge in [-0.3, -0.25) is 0 Å². The third-order valence-corrected chi connectivity index (χ3v) is 2.15. The quantitative estimate of drug-likeness (QED) is 0.558. The first kappa shape index (κ1) is 10.0. The lowest BCUT2D eigenvalue weighted by Crippen LogP contribution is -2.03. The molecule has 0 atom stereocenters. The van der Waals surface area contributed by atoms with Gasteiger partial charge in [0.25, 0.3) is 0 Å². The van der Waals surface area contributed by atoms with E-state index in [1.165, 1.54) is 38.5 Å². The molecule has 0 radical (unpaired) electrons. The summed E-state index contributed by atoms with van der Waals surface area (Å²) >= 11 is 0. The van der Waals surface area contributed by atoms with E-state index < -0.39 is 0 Å². The van der Waals surface area contributed by atoms with Gasteiger partial charge in [0, 0.05) is 26.4 Å². The standard InChI is InChI=1S/2C5H10O/c2*1-2-4-6-5-3-1/h2*1-5H2. The first-order valence-corrected chi connectivity index (χ1v) is 5.15. The molecular formula is C10H20O2. The van der Waals surface area contributed by atoms with Crippen LogP contribution in [0.15, 0.2) is 0 Å². The van der Waals surface area contributed by atoms with Crippen LogP contribution >= 0.6 is 0 Å². The van der Waals surface area contributed by atoms with Gasteiger partial charge in [-0.15, -0.1) is 0 Å². The zero-order valence-electron chi connectivity index (χ0n) is 7.89. The van der Waals surface area contributed by atoms with E-state index in [1.807, 2.05) is 0 Å². The monoisotopic (exact) mass is 172 g/mol. The Bertz CT molecular complexity index is 50.8. The molecule has 12 heavy (non-hydrogen) atoms. The predicted molar refractivity (Wildman–Crippen MR) is 49.3 cm³/mol. The van der Waals surface area contributed by atoms with E-state index in [0.717, 1.165) is 26.4 Å². The molecule has 0 saturated carbocycles. The van der Waals surface area contributed by atoms with Crippen molar-refractivity contribution >= 4 is 0 Å². The van der Waals surface area contributed by atoms with Crippen LogP contribution in [0, 0.1) is 0 Å². The van der Waals surface area contributed by atoms with Gasteiger partial charge >= 0.3 is 0 Å². The number of hydrogen-bond donors (Lipinski definition) is 0. The van der Waals surface area contributed by atoms with Crippen LogP contribution in [0.25, 0.3) is 0 Å². The fourth-order valence-corrected chi connectivity index (χ4v) is 1.37. The molecule has 2 rings (SSSR count). The highest BCUT2D eigenvalue weighted by Gasteiger charge is 1.95. The van der Waals surface area contributed by atoms with Gasteiger partial charge in [-0.2, -0.15) is 0 Å². The van der Waals surface area contributed by atoms with Crippen LogP contribution in [0.5, 0.6) is 0 Å². The predicted octanol–water partition coefficient (Wildman–Crippen LogP) is 2.37. The SMILES string of the molecule is C1CCOCC1.C1CCOCC1. The number of ether oxygens (including phenoxy) is 2. The topological polar surface area (TPSA) is 18.5 Å². The van der Waals surface area contributed by atoms with Crippen molar-refractivity contribution in [2.45, 2.75) is 38.5 Å². The Morgan fingerprint density at radius 2 is 0.750 bits per heavy atom. The van der Waals surface area contributed by atoms with Gasteiger partial charge in [0.1, 0.15) is 0 Å². The Morgan fingerprint density at radius 1 is 0.417 bits per heavy atom. The van der Waals surface area contributed by atoms with Crippen molar-refractivity contribution in [3.8, 4) is 0 Å². The van der Waals surface area contributed by atoms with Gasteiger partial charge in [-0.05, 0) is 38.5 Å². The van der Waals surface area contributed by atoms with E-state index in [4.69, 9.17) is 9.47 Å². The van der Waals surface area contributed by atoms with E-state index in [-0.39, 0.29) is 0 Å². The Labute approximate surface area is 75.2 Å². The lowest BCUT2D eigenvalue weighted by molar-refractivity contribution is 0.0967. The minimum absolute atomic E-state index is 1.00. The molecule has 2 fully saturated rings. The first-order valence-electron chi connectivity index (χ1n) is 5.15. The fraction of sp³-hybridized carbons (Fsp3) is 1.00. The van der Waals surface area contributed by atoms with Crippen molar-refractivity contribution in [1.29, 1.82) is 0 Å². The minimum atomic E-state index is 1.00. The molecule has 0 N–H and O–H groups in total. The maximum absolute atomic E-state index is 5.07. The average Bonchev–Trinajstić information content (AvgIpc) is 2.24. The summed E-state index contributed by atoms with van der Waals surface area (Å²) in [5.41, 5.74) is 0. The molecular weight excluding hydrogens is 152 g/mol. The second-order valence-corrected chi connectivity index (χ2v) is 3.35. The Morgan fingerprint density at radius 3 is 0.833 bits per heavy atom. The molecule has 2 aliphatic rings. The lowest BCUT2D eigenvalue weighted by Gasteiger charge is -2.08. The molecule has 0 spiro atoms. The van der Waals surface area contributed by atoms with Crippen molar-refractivity contribution in [3.05, 3.63) is 0 Å². The molecule has 2 saturated heterocycles. The van der Waals surface area contributed by atoms with Crippen molar-refractivity contribution in [3.63, 3.8) is 0 Å². The zero-order valence-corrected chi connectivity index (χ0v) is 7.89. The van der Waals surface area contributed by atoms with Crippen molar-refractivity contribution in [2.75, 3.05) is 26.4 Å². The summed E-state index contributed by atoms with van der Waals surface area (Å²) < 4.78 is 10.1. The Kier molecular flexibility index (Phi) is 6.30. The highest BCUT2D eigenvalue weighted by Crippen LogP contribution is 2.02. The van der Waals surface area contributed by atoms with E-state index in [2.05, 4.69) is 0 Å². The molecule has 0 aromatic heterocycles. The zero-order chi connectivity index (χ0) is 8.49. The summed E-state index contributed by atoms with van der Waals surface area (Å²) in [5.74, 6) is 0. The number of hydrogen-bond acceptors (Lipinski definition) is 2. The molecule has 2 aliphatic heterocycles. The number of rotatable bonds is 0. The van der Waals surface area contributed by atoms with Crippen LogP contribution in [0.3, 0.4) is 0 Å². The molecule has 2 heteroatoms. The fourth-order valence-electron chi connectivity index (χ4n) is 1.37. The van der Waals surface area contributed by atoms with Crippen LogP contribution in [0.1, 0.15) is 38.5 Å². The van der Waals surface area contributed by atoms with Crippen LogP contribution < -0.4 is 0 Å². The summed E-state index contributed by atoms with van der Waals surface area (Å²) in [5, 5.41) is 0. The Balaban J connectivity index is 0.000000120. The van der Waals surface area contributed by atoms with Crippen molar-refractivity contribution < 1.29 is 9.47 Å². The molecule has 0 bridgehead atoms. The Hall–Kier alpha value is -0.0800. The van der Waals surface area contributed by atoms with Gasteiger partial charge in [-0.25, -0.2) is 0 Å². The normalized spacial score (nSPS) is 24.0. The average molecular weight is 172 g/mol.